The zero-order valence-electron chi connectivity index (χ0n) is 37.2. The summed E-state index contributed by atoms with van der Waals surface area (Å²) in [5, 5.41) is 2.26. The van der Waals surface area contributed by atoms with E-state index in [-0.39, 0.29) is 12.3 Å². The van der Waals surface area contributed by atoms with Crippen LogP contribution >= 0.6 is 0 Å². The molecule has 0 unspecified atom stereocenters. The van der Waals surface area contributed by atoms with Crippen molar-refractivity contribution in [3.05, 3.63) is 221 Å². The fourth-order valence-corrected chi connectivity index (χ4v) is 12.5. The Morgan fingerprint density at radius 3 is 1.88 bits per heavy atom. The first-order valence-electron chi connectivity index (χ1n) is 23.0. The number of anilines is 5. The standard InChI is InChI=1S/C61H45BN2O/c1-36-16-14-17-37(2)57(36)38-32-46-44-35-56-45(43-20-8-13-27-55(43)65-56)34-53(44)64(40-30-28-39(29-31-40)60(3,4)5)62-51-25-15-24-50-59(51)63(54(33-38)58(46)62)52-26-12-11-23-49(52)61(50)47-21-9-6-18-41(47)42-19-7-10-22-48(42)61/h6-35H,1-5H3. The summed E-state index contributed by atoms with van der Waals surface area (Å²) in [4.78, 5) is 5.30. The zero-order chi connectivity index (χ0) is 43.5. The van der Waals surface area contributed by atoms with Gasteiger partial charge >= 0.3 is 6.85 Å². The Morgan fingerprint density at radius 1 is 0.492 bits per heavy atom. The van der Waals surface area contributed by atoms with Crippen molar-refractivity contribution in [1.82, 2.24) is 0 Å². The monoisotopic (exact) mass is 832 g/mol. The highest BCUT2D eigenvalue weighted by Crippen LogP contribution is 2.64. The van der Waals surface area contributed by atoms with Gasteiger partial charge in [0.1, 0.15) is 11.2 Å². The van der Waals surface area contributed by atoms with E-state index in [4.69, 9.17) is 4.42 Å². The number of hydrogen-bond acceptors (Lipinski definition) is 3. The van der Waals surface area contributed by atoms with Crippen molar-refractivity contribution < 1.29 is 4.42 Å². The number of nitrogens with zero attached hydrogens (tertiary/aromatic N) is 2. The van der Waals surface area contributed by atoms with Crippen LogP contribution in [0.1, 0.15) is 59.7 Å². The first kappa shape index (κ1) is 36.9. The number of para-hydroxylation sites is 3. The maximum Gasteiger partial charge on any atom is 0.333 e. The van der Waals surface area contributed by atoms with E-state index in [1.807, 2.05) is 0 Å². The summed E-state index contributed by atoms with van der Waals surface area (Å²) in [5.41, 5.74) is 26.7. The summed E-state index contributed by atoms with van der Waals surface area (Å²) >= 11 is 0. The lowest BCUT2D eigenvalue weighted by atomic mass is 9.42. The Hall–Kier alpha value is -7.56. The van der Waals surface area contributed by atoms with Gasteiger partial charge in [-0.2, -0.15) is 0 Å². The number of benzene rings is 9. The maximum absolute atomic E-state index is 6.73. The third-order valence-electron chi connectivity index (χ3n) is 15.2. The van der Waals surface area contributed by atoms with Gasteiger partial charge in [-0.1, -0.05) is 154 Å². The molecule has 3 nitrogen and oxygen atoms in total. The van der Waals surface area contributed by atoms with Crippen molar-refractivity contribution in [2.24, 2.45) is 0 Å². The lowest BCUT2D eigenvalue weighted by Crippen LogP contribution is -2.62. The van der Waals surface area contributed by atoms with Crippen molar-refractivity contribution in [3.63, 3.8) is 0 Å². The van der Waals surface area contributed by atoms with Crippen LogP contribution in [0, 0.1) is 13.8 Å². The van der Waals surface area contributed by atoms with Crippen LogP contribution in [0.15, 0.2) is 186 Å². The van der Waals surface area contributed by atoms with Crippen LogP contribution in [0.25, 0.3) is 55.3 Å². The number of furan rings is 1. The molecule has 0 fully saturated rings. The van der Waals surface area contributed by atoms with Crippen molar-refractivity contribution in [3.8, 4) is 33.4 Å². The number of fused-ring (bicyclic) bond motifs is 16. The molecule has 4 aliphatic rings. The summed E-state index contributed by atoms with van der Waals surface area (Å²) in [6.45, 7) is 11.3. The molecule has 4 heteroatoms. The summed E-state index contributed by atoms with van der Waals surface area (Å²) in [6, 6.07) is 69.1. The van der Waals surface area contributed by atoms with Gasteiger partial charge < -0.3 is 14.1 Å². The second kappa shape index (κ2) is 12.8. The van der Waals surface area contributed by atoms with Gasteiger partial charge in [-0.15, -0.1) is 0 Å². The average Bonchev–Trinajstić information content (AvgIpc) is 3.83. The Labute approximate surface area is 380 Å². The van der Waals surface area contributed by atoms with Crippen LogP contribution < -0.4 is 20.6 Å². The lowest BCUT2D eigenvalue weighted by Gasteiger charge is -2.51. The predicted molar refractivity (Wildman–Crippen MR) is 272 cm³/mol. The molecule has 10 aromatic rings. The molecular weight excluding hydrogens is 787 g/mol. The van der Waals surface area contributed by atoms with Gasteiger partial charge in [0, 0.05) is 39.1 Å². The SMILES string of the molecule is Cc1cccc(C)c1-c1cc2c3c(c1)N1c4ccccc4C4(c5ccccc5-c5ccccc54)c4cccc(c41)B3N(c1ccc(C(C)(C)C)cc1)c1cc3c(cc1-2)oc1ccccc13. The molecule has 65 heavy (non-hydrogen) atoms. The Bertz CT molecular complexity index is 3640. The van der Waals surface area contributed by atoms with Crippen molar-refractivity contribution >= 4 is 68.1 Å². The summed E-state index contributed by atoms with van der Waals surface area (Å²) in [7, 11) is 0. The van der Waals surface area contributed by atoms with Crippen molar-refractivity contribution in [1.29, 1.82) is 0 Å². The van der Waals surface area contributed by atoms with Crippen LogP contribution in [-0.2, 0) is 10.8 Å². The van der Waals surface area contributed by atoms with Gasteiger partial charge in [-0.05, 0) is 145 Å². The quantitative estimate of drug-likeness (QED) is 0.162. The molecular formula is C61H45BN2O. The summed E-state index contributed by atoms with van der Waals surface area (Å²) in [6.07, 6.45) is 0. The van der Waals surface area contributed by atoms with Crippen molar-refractivity contribution in [2.75, 3.05) is 9.71 Å². The van der Waals surface area contributed by atoms with Crippen LogP contribution in [0.3, 0.4) is 0 Å². The summed E-state index contributed by atoms with van der Waals surface area (Å²) in [5.74, 6) is 0. The Morgan fingerprint density at radius 2 is 1.14 bits per heavy atom. The highest BCUT2D eigenvalue weighted by atomic mass is 16.3. The van der Waals surface area contributed by atoms with E-state index < -0.39 is 5.41 Å². The molecule has 308 valence electrons. The Balaban J connectivity index is 1.16. The van der Waals surface area contributed by atoms with Gasteiger partial charge in [0.15, 0.2) is 0 Å². The van der Waals surface area contributed by atoms with Gasteiger partial charge in [0.05, 0.1) is 11.1 Å². The zero-order valence-corrected chi connectivity index (χ0v) is 37.2. The average molecular weight is 833 g/mol. The van der Waals surface area contributed by atoms with Crippen LogP contribution in [-0.4, -0.2) is 6.85 Å². The Kier molecular flexibility index (Phi) is 7.26. The minimum Gasteiger partial charge on any atom is -0.456 e. The molecule has 14 rings (SSSR count). The fourth-order valence-electron chi connectivity index (χ4n) is 12.5. The molecule has 3 aliphatic heterocycles. The van der Waals surface area contributed by atoms with Gasteiger partial charge in [0.2, 0.25) is 0 Å². The minimum atomic E-state index is -0.524. The van der Waals surface area contributed by atoms with E-state index >= 15 is 0 Å². The van der Waals surface area contributed by atoms with Crippen LogP contribution in [0.4, 0.5) is 28.4 Å². The van der Waals surface area contributed by atoms with E-state index in [0.717, 1.165) is 21.9 Å². The minimum absolute atomic E-state index is 0.0174. The first-order valence-corrected chi connectivity index (χ1v) is 23.0. The van der Waals surface area contributed by atoms with Crippen LogP contribution in [0.5, 0.6) is 0 Å². The molecule has 0 amide bonds. The topological polar surface area (TPSA) is 19.6 Å². The molecule has 0 atom stereocenters. The molecule has 0 saturated heterocycles. The third kappa shape index (κ3) is 4.71. The third-order valence-corrected chi connectivity index (χ3v) is 15.2. The first-order chi connectivity index (χ1) is 31.7. The number of hydrogen-bond donors (Lipinski definition) is 0. The van der Waals surface area contributed by atoms with Crippen LogP contribution in [0.2, 0.25) is 0 Å². The molecule has 4 heterocycles. The largest absolute Gasteiger partial charge is 0.456 e. The molecule has 1 spiro atoms. The highest BCUT2D eigenvalue weighted by molar-refractivity contribution is 6.93. The van der Waals surface area contributed by atoms with Crippen molar-refractivity contribution in [2.45, 2.75) is 45.4 Å². The smallest absolute Gasteiger partial charge is 0.333 e. The fraction of sp³-hybridized carbons (Fsp3) is 0.115. The molecule has 1 aromatic heterocycles. The van der Waals surface area contributed by atoms with E-state index in [1.54, 1.807) is 0 Å². The highest BCUT2D eigenvalue weighted by Gasteiger charge is 2.55. The number of aryl methyl sites for hydroxylation is 2. The number of rotatable bonds is 2. The second-order valence-corrected chi connectivity index (χ2v) is 19.7. The predicted octanol–water partition coefficient (Wildman–Crippen LogP) is 14.6. The maximum atomic E-state index is 6.73. The van der Waals surface area contributed by atoms with E-state index in [2.05, 4.69) is 226 Å². The molecule has 0 N–H and O–H groups in total. The molecule has 0 saturated carbocycles. The van der Waals surface area contributed by atoms with Gasteiger partial charge in [-0.3, -0.25) is 0 Å². The normalized spacial score (nSPS) is 14.6. The molecule has 9 aromatic carbocycles. The van der Waals surface area contributed by atoms with Gasteiger partial charge in [-0.25, -0.2) is 0 Å². The summed E-state index contributed by atoms with van der Waals surface area (Å²) < 4.78 is 6.73. The molecule has 0 bridgehead atoms. The molecule has 0 radical (unpaired) electrons. The van der Waals surface area contributed by atoms with E-state index in [0.29, 0.717) is 0 Å². The second-order valence-electron chi connectivity index (χ2n) is 19.7. The van der Waals surface area contributed by atoms with Gasteiger partial charge in [0.25, 0.3) is 0 Å². The van der Waals surface area contributed by atoms with E-state index in [1.165, 1.54) is 112 Å². The lowest BCUT2D eigenvalue weighted by molar-refractivity contribution is 0.590. The molecule has 1 aliphatic carbocycles. The van der Waals surface area contributed by atoms with E-state index in [9.17, 15) is 0 Å².